The van der Waals surface area contributed by atoms with E-state index in [0.29, 0.717) is 13.0 Å². The van der Waals surface area contributed by atoms with Crippen molar-refractivity contribution in [2.24, 2.45) is 0 Å². The maximum absolute atomic E-state index is 12.0. The molecule has 1 N–H and O–H groups in total. The molecule has 0 spiro atoms. The molecule has 1 aromatic heterocycles. The quantitative estimate of drug-likeness (QED) is 0.505. The normalized spacial score (nSPS) is 10.6. The maximum atomic E-state index is 12.0. The van der Waals surface area contributed by atoms with Gasteiger partial charge in [-0.25, -0.2) is 4.68 Å². The number of rotatable bonds is 7. The van der Waals surface area contributed by atoms with Crippen molar-refractivity contribution in [1.29, 1.82) is 0 Å². The largest absolute Gasteiger partial charge is 0.355 e. The van der Waals surface area contributed by atoms with Crippen molar-refractivity contribution in [3.05, 3.63) is 77.6 Å². The number of nitrogens with one attached hydrogen (secondary N) is 1. The van der Waals surface area contributed by atoms with Crippen molar-refractivity contribution in [3.63, 3.8) is 0 Å². The minimum absolute atomic E-state index is 0.00400. The first kappa shape index (κ1) is 17.6. The summed E-state index contributed by atoms with van der Waals surface area (Å²) in [5.74, 6) is 0.820. The highest BCUT2D eigenvalue weighted by Gasteiger charge is 2.06. The van der Waals surface area contributed by atoms with Crippen LogP contribution in [0.1, 0.15) is 5.56 Å². The SMILES string of the molecule is O=C(Cc1cnn(-c2ccccc2)c1)NCCSc1ccc(Cl)cc1. The van der Waals surface area contributed by atoms with Crippen LogP contribution in [0.4, 0.5) is 0 Å². The predicted molar refractivity (Wildman–Crippen MR) is 102 cm³/mol. The third-order valence-electron chi connectivity index (χ3n) is 3.53. The zero-order chi connectivity index (χ0) is 17.5. The number of hydrogen-bond donors (Lipinski definition) is 1. The van der Waals surface area contributed by atoms with Crippen LogP contribution in [-0.4, -0.2) is 28.0 Å². The molecule has 25 heavy (non-hydrogen) atoms. The summed E-state index contributed by atoms with van der Waals surface area (Å²) in [5.41, 5.74) is 1.88. The van der Waals surface area contributed by atoms with E-state index in [9.17, 15) is 4.79 Å². The molecule has 0 atom stereocenters. The number of carbonyl (C=O) groups excluding carboxylic acids is 1. The second kappa shape index (κ2) is 8.74. The van der Waals surface area contributed by atoms with Gasteiger partial charge in [-0.1, -0.05) is 29.8 Å². The Balaban J connectivity index is 1.42. The lowest BCUT2D eigenvalue weighted by molar-refractivity contribution is -0.120. The Morgan fingerprint density at radius 3 is 2.64 bits per heavy atom. The Morgan fingerprint density at radius 1 is 1.12 bits per heavy atom. The van der Waals surface area contributed by atoms with E-state index in [0.717, 1.165) is 26.9 Å². The highest BCUT2D eigenvalue weighted by molar-refractivity contribution is 7.99. The molecule has 3 rings (SSSR count). The van der Waals surface area contributed by atoms with Gasteiger partial charge in [-0.2, -0.15) is 5.10 Å². The van der Waals surface area contributed by atoms with Crippen molar-refractivity contribution in [2.45, 2.75) is 11.3 Å². The molecule has 3 aromatic rings. The van der Waals surface area contributed by atoms with Gasteiger partial charge >= 0.3 is 0 Å². The van der Waals surface area contributed by atoms with E-state index in [2.05, 4.69) is 10.4 Å². The molecule has 4 nitrogen and oxygen atoms in total. The molecule has 0 unspecified atom stereocenters. The molecule has 0 aliphatic rings. The zero-order valence-corrected chi connectivity index (χ0v) is 15.1. The first-order valence-electron chi connectivity index (χ1n) is 7.95. The van der Waals surface area contributed by atoms with Gasteiger partial charge in [-0.15, -0.1) is 11.8 Å². The summed E-state index contributed by atoms with van der Waals surface area (Å²) in [6.45, 7) is 0.624. The fraction of sp³-hybridized carbons (Fsp3) is 0.158. The number of hydrogen-bond acceptors (Lipinski definition) is 3. The van der Waals surface area contributed by atoms with E-state index in [1.165, 1.54) is 0 Å². The van der Waals surface area contributed by atoms with Crippen LogP contribution >= 0.6 is 23.4 Å². The summed E-state index contributed by atoms with van der Waals surface area (Å²) in [7, 11) is 0. The van der Waals surface area contributed by atoms with Crippen molar-refractivity contribution in [2.75, 3.05) is 12.3 Å². The third-order valence-corrected chi connectivity index (χ3v) is 4.79. The monoisotopic (exact) mass is 371 g/mol. The molecule has 0 radical (unpaired) electrons. The first-order valence-corrected chi connectivity index (χ1v) is 9.31. The maximum Gasteiger partial charge on any atom is 0.224 e. The summed E-state index contributed by atoms with van der Waals surface area (Å²) in [6, 6.07) is 17.5. The second-order valence-corrected chi connectivity index (χ2v) is 7.06. The first-order chi connectivity index (χ1) is 12.2. The number of para-hydroxylation sites is 1. The van der Waals surface area contributed by atoms with Gasteiger partial charge in [0.2, 0.25) is 5.91 Å². The Hall–Kier alpha value is -2.24. The Bertz CT molecular complexity index is 818. The smallest absolute Gasteiger partial charge is 0.224 e. The van der Waals surface area contributed by atoms with Gasteiger partial charge in [0.1, 0.15) is 0 Å². The van der Waals surface area contributed by atoms with Crippen molar-refractivity contribution >= 4 is 29.3 Å². The van der Waals surface area contributed by atoms with Gasteiger partial charge in [-0.3, -0.25) is 4.79 Å². The molecular weight excluding hydrogens is 354 g/mol. The van der Waals surface area contributed by atoms with E-state index in [1.54, 1.807) is 22.6 Å². The fourth-order valence-electron chi connectivity index (χ4n) is 2.31. The van der Waals surface area contributed by atoms with E-state index in [1.807, 2.05) is 60.8 Å². The highest BCUT2D eigenvalue weighted by atomic mass is 35.5. The lowest BCUT2D eigenvalue weighted by atomic mass is 10.2. The van der Waals surface area contributed by atoms with E-state index < -0.39 is 0 Å². The Kier molecular flexibility index (Phi) is 6.14. The minimum Gasteiger partial charge on any atom is -0.355 e. The Morgan fingerprint density at radius 2 is 1.88 bits per heavy atom. The summed E-state index contributed by atoms with van der Waals surface area (Å²) in [5, 5.41) is 7.97. The molecule has 0 aliphatic carbocycles. The number of aromatic nitrogens is 2. The summed E-state index contributed by atoms with van der Waals surface area (Å²) in [4.78, 5) is 13.2. The average Bonchev–Trinajstić information content (AvgIpc) is 3.09. The second-order valence-electron chi connectivity index (χ2n) is 5.46. The standard InChI is InChI=1S/C19H18ClN3OS/c20-16-6-8-18(9-7-16)25-11-10-21-19(24)12-15-13-22-23(14-15)17-4-2-1-3-5-17/h1-9,13-14H,10-12H2,(H,21,24). The molecule has 0 aliphatic heterocycles. The van der Waals surface area contributed by atoms with Crippen LogP contribution in [0.3, 0.4) is 0 Å². The summed E-state index contributed by atoms with van der Waals surface area (Å²) < 4.78 is 1.78. The van der Waals surface area contributed by atoms with Gasteiger partial charge in [0.05, 0.1) is 18.3 Å². The molecule has 6 heteroatoms. The molecule has 2 aromatic carbocycles. The fourth-order valence-corrected chi connectivity index (χ4v) is 3.21. The molecular formula is C19H18ClN3OS. The molecule has 0 saturated carbocycles. The molecule has 1 heterocycles. The topological polar surface area (TPSA) is 46.9 Å². The lowest BCUT2D eigenvalue weighted by Crippen LogP contribution is -2.27. The number of halogens is 1. The molecule has 1 amide bonds. The molecule has 0 saturated heterocycles. The van der Waals surface area contributed by atoms with Gasteiger partial charge in [0.15, 0.2) is 0 Å². The van der Waals surface area contributed by atoms with Crippen molar-refractivity contribution < 1.29 is 4.79 Å². The van der Waals surface area contributed by atoms with E-state index in [4.69, 9.17) is 11.6 Å². The number of nitrogens with zero attached hydrogens (tertiary/aromatic N) is 2. The van der Waals surface area contributed by atoms with Crippen LogP contribution in [0.15, 0.2) is 71.9 Å². The number of carbonyl (C=O) groups is 1. The predicted octanol–water partition coefficient (Wildman–Crippen LogP) is 3.98. The van der Waals surface area contributed by atoms with Crippen LogP contribution in [0.5, 0.6) is 0 Å². The molecule has 0 bridgehead atoms. The van der Waals surface area contributed by atoms with Crippen molar-refractivity contribution in [1.82, 2.24) is 15.1 Å². The average molecular weight is 372 g/mol. The number of thioether (sulfide) groups is 1. The van der Waals surface area contributed by atoms with Crippen LogP contribution < -0.4 is 5.32 Å². The van der Waals surface area contributed by atoms with Crippen LogP contribution in [-0.2, 0) is 11.2 Å². The zero-order valence-electron chi connectivity index (χ0n) is 13.6. The van der Waals surface area contributed by atoms with Crippen LogP contribution in [0.2, 0.25) is 5.02 Å². The highest BCUT2D eigenvalue weighted by Crippen LogP contribution is 2.19. The molecule has 0 fully saturated rings. The summed E-state index contributed by atoms with van der Waals surface area (Å²) in [6.07, 6.45) is 3.95. The summed E-state index contributed by atoms with van der Waals surface area (Å²) >= 11 is 7.55. The van der Waals surface area contributed by atoms with E-state index >= 15 is 0 Å². The number of amides is 1. The van der Waals surface area contributed by atoms with Crippen molar-refractivity contribution in [3.8, 4) is 5.69 Å². The van der Waals surface area contributed by atoms with Crippen LogP contribution in [0.25, 0.3) is 5.69 Å². The van der Waals surface area contributed by atoms with Gasteiger partial charge in [0, 0.05) is 28.4 Å². The van der Waals surface area contributed by atoms with Gasteiger partial charge < -0.3 is 5.32 Å². The number of benzene rings is 2. The third kappa shape index (κ3) is 5.37. The van der Waals surface area contributed by atoms with E-state index in [-0.39, 0.29) is 5.91 Å². The van der Waals surface area contributed by atoms with Crippen LogP contribution in [0, 0.1) is 0 Å². The molecule has 128 valence electrons. The van der Waals surface area contributed by atoms with Gasteiger partial charge in [0.25, 0.3) is 0 Å². The minimum atomic E-state index is 0.00400. The lowest BCUT2D eigenvalue weighted by Gasteiger charge is -2.04. The Labute approximate surface area is 156 Å². The van der Waals surface area contributed by atoms with Gasteiger partial charge in [-0.05, 0) is 42.0 Å².